The minimum atomic E-state index is 0.946. The molecule has 116 valence electrons. The van der Waals surface area contributed by atoms with E-state index in [4.69, 9.17) is 0 Å². The van der Waals surface area contributed by atoms with E-state index < -0.39 is 0 Å². The van der Waals surface area contributed by atoms with Gasteiger partial charge >= 0.3 is 0 Å². The predicted octanol–water partition coefficient (Wildman–Crippen LogP) is 6.79. The molecule has 0 aromatic heterocycles. The molecule has 0 nitrogen and oxygen atoms in total. The van der Waals surface area contributed by atoms with Gasteiger partial charge in [0.25, 0.3) is 0 Å². The van der Waals surface area contributed by atoms with E-state index in [9.17, 15) is 0 Å². The van der Waals surface area contributed by atoms with Crippen LogP contribution in [0.5, 0.6) is 0 Å². The fourth-order valence-electron chi connectivity index (χ4n) is 3.37. The first-order chi connectivity index (χ1) is 10.3. The summed E-state index contributed by atoms with van der Waals surface area (Å²) in [5.74, 6) is 0.946. The van der Waals surface area contributed by atoms with Gasteiger partial charge in [0.2, 0.25) is 0 Å². The molecule has 1 unspecified atom stereocenters. The van der Waals surface area contributed by atoms with Gasteiger partial charge in [-0.2, -0.15) is 0 Å². The Hall–Kier alpha value is -1.04. The van der Waals surface area contributed by atoms with Crippen molar-refractivity contribution in [3.8, 4) is 0 Å². The van der Waals surface area contributed by atoms with Crippen molar-refractivity contribution in [2.24, 2.45) is 5.92 Å². The van der Waals surface area contributed by atoms with E-state index >= 15 is 0 Å². The molecule has 0 spiro atoms. The van der Waals surface area contributed by atoms with Gasteiger partial charge in [-0.15, -0.1) is 0 Å². The maximum atomic E-state index is 2.51. The van der Waals surface area contributed by atoms with Crippen LogP contribution in [-0.4, -0.2) is 0 Å². The summed E-state index contributed by atoms with van der Waals surface area (Å²) in [5.41, 5.74) is 4.55. The molecule has 0 N–H and O–H groups in total. The molecule has 0 saturated carbocycles. The van der Waals surface area contributed by atoms with Crippen LogP contribution in [0.2, 0.25) is 0 Å². The molecule has 1 aromatic carbocycles. The van der Waals surface area contributed by atoms with Crippen molar-refractivity contribution in [3.63, 3.8) is 0 Å². The fraction of sp³-hybridized carbons (Fsp3) is 0.619. The van der Waals surface area contributed by atoms with Crippen LogP contribution in [0, 0.1) is 5.92 Å². The van der Waals surface area contributed by atoms with E-state index in [1.54, 1.807) is 5.57 Å². The molecule has 0 aliphatic heterocycles. The number of hydrogen-bond acceptors (Lipinski definition) is 0. The Morgan fingerprint density at radius 1 is 0.952 bits per heavy atom. The zero-order chi connectivity index (χ0) is 14.9. The average Bonchev–Trinajstić information content (AvgIpc) is 2.54. The van der Waals surface area contributed by atoms with Crippen molar-refractivity contribution in [1.29, 1.82) is 0 Å². The van der Waals surface area contributed by atoms with Crippen molar-refractivity contribution in [1.82, 2.24) is 0 Å². The third kappa shape index (κ3) is 5.34. The van der Waals surface area contributed by atoms with Crippen molar-refractivity contribution >= 4 is 5.57 Å². The van der Waals surface area contributed by atoms with Crippen LogP contribution in [0.1, 0.15) is 82.8 Å². The van der Waals surface area contributed by atoms with Crippen molar-refractivity contribution in [3.05, 3.63) is 41.5 Å². The number of benzene rings is 1. The third-order valence-electron chi connectivity index (χ3n) is 4.88. The molecule has 1 aliphatic carbocycles. The number of rotatable bonds is 8. The van der Waals surface area contributed by atoms with E-state index in [1.165, 1.54) is 75.3 Å². The Labute approximate surface area is 131 Å². The molecular weight excluding hydrogens is 252 g/mol. The highest BCUT2D eigenvalue weighted by atomic mass is 14.2. The van der Waals surface area contributed by atoms with E-state index in [0.29, 0.717) is 0 Å². The number of unbranched alkanes of at least 4 members (excludes halogenated alkanes) is 3. The molecule has 0 bridgehead atoms. The second kappa shape index (κ2) is 9.07. The molecule has 0 radical (unpaired) electrons. The third-order valence-corrected chi connectivity index (χ3v) is 4.88. The smallest absolute Gasteiger partial charge is 0.0228 e. The molecule has 1 aromatic rings. The average molecular weight is 284 g/mol. The lowest BCUT2D eigenvalue weighted by molar-refractivity contribution is 0.434. The van der Waals surface area contributed by atoms with E-state index in [1.807, 2.05) is 0 Å². The Morgan fingerprint density at radius 3 is 2.33 bits per heavy atom. The minimum absolute atomic E-state index is 0.946. The summed E-state index contributed by atoms with van der Waals surface area (Å²) < 4.78 is 0. The van der Waals surface area contributed by atoms with E-state index in [-0.39, 0.29) is 0 Å². The Kier molecular flexibility index (Phi) is 7.06. The molecule has 1 atom stereocenters. The van der Waals surface area contributed by atoms with Crippen LogP contribution in [0.15, 0.2) is 30.3 Å². The standard InChI is InChI=1S/C21H32/c1-3-5-7-9-19-12-16-21(17-13-19)20-14-10-18(11-15-20)8-6-4-2/h12-14,16-18H,3-11,15H2,1-2H3. The second-order valence-corrected chi connectivity index (χ2v) is 6.67. The van der Waals surface area contributed by atoms with Gasteiger partial charge < -0.3 is 0 Å². The molecular formula is C21H32. The Bertz CT molecular complexity index is 424. The lowest BCUT2D eigenvalue weighted by Gasteiger charge is -2.22. The van der Waals surface area contributed by atoms with Crippen LogP contribution in [0.4, 0.5) is 0 Å². The summed E-state index contributed by atoms with van der Waals surface area (Å²) in [7, 11) is 0. The van der Waals surface area contributed by atoms with Crippen LogP contribution in [-0.2, 0) is 6.42 Å². The Morgan fingerprint density at radius 2 is 1.71 bits per heavy atom. The lowest BCUT2D eigenvalue weighted by Crippen LogP contribution is -2.05. The van der Waals surface area contributed by atoms with Gasteiger partial charge in [-0.1, -0.05) is 76.3 Å². The molecule has 21 heavy (non-hydrogen) atoms. The van der Waals surface area contributed by atoms with Gasteiger partial charge in [0.05, 0.1) is 0 Å². The monoisotopic (exact) mass is 284 g/mol. The second-order valence-electron chi connectivity index (χ2n) is 6.67. The summed E-state index contributed by atoms with van der Waals surface area (Å²) in [4.78, 5) is 0. The van der Waals surface area contributed by atoms with Gasteiger partial charge in [0.1, 0.15) is 0 Å². The quantitative estimate of drug-likeness (QED) is 0.461. The van der Waals surface area contributed by atoms with Crippen molar-refractivity contribution in [2.75, 3.05) is 0 Å². The minimum Gasteiger partial charge on any atom is -0.0804 e. The summed E-state index contributed by atoms with van der Waals surface area (Å²) in [6.07, 6.45) is 15.9. The topological polar surface area (TPSA) is 0 Å². The summed E-state index contributed by atoms with van der Waals surface area (Å²) >= 11 is 0. The fourth-order valence-corrected chi connectivity index (χ4v) is 3.37. The van der Waals surface area contributed by atoms with E-state index in [2.05, 4.69) is 44.2 Å². The highest BCUT2D eigenvalue weighted by Gasteiger charge is 2.14. The van der Waals surface area contributed by atoms with Crippen molar-refractivity contribution < 1.29 is 0 Å². The first-order valence-electron chi connectivity index (χ1n) is 9.11. The zero-order valence-corrected chi connectivity index (χ0v) is 14.0. The first kappa shape index (κ1) is 16.3. The number of allylic oxidation sites excluding steroid dienone is 2. The largest absolute Gasteiger partial charge is 0.0804 e. The van der Waals surface area contributed by atoms with Crippen LogP contribution < -0.4 is 0 Å². The summed E-state index contributed by atoms with van der Waals surface area (Å²) in [6, 6.07) is 9.38. The maximum Gasteiger partial charge on any atom is -0.0228 e. The summed E-state index contributed by atoms with van der Waals surface area (Å²) in [5, 5.41) is 0. The molecule has 0 saturated heterocycles. The SMILES string of the molecule is CCCCCc1ccc(C2=CCC(CCCC)CC2)cc1. The number of aryl methyl sites for hydroxylation is 1. The normalized spacial score (nSPS) is 18.6. The van der Waals surface area contributed by atoms with Gasteiger partial charge in [-0.25, -0.2) is 0 Å². The van der Waals surface area contributed by atoms with Gasteiger partial charge in [-0.05, 0) is 54.7 Å². The predicted molar refractivity (Wildman–Crippen MR) is 94.5 cm³/mol. The molecule has 0 heteroatoms. The highest BCUT2D eigenvalue weighted by molar-refractivity contribution is 5.66. The van der Waals surface area contributed by atoms with Crippen LogP contribution in [0.25, 0.3) is 5.57 Å². The summed E-state index contributed by atoms with van der Waals surface area (Å²) in [6.45, 7) is 4.57. The molecule has 0 heterocycles. The highest BCUT2D eigenvalue weighted by Crippen LogP contribution is 2.32. The van der Waals surface area contributed by atoms with Gasteiger partial charge in [0, 0.05) is 0 Å². The van der Waals surface area contributed by atoms with Gasteiger partial charge in [0.15, 0.2) is 0 Å². The van der Waals surface area contributed by atoms with Crippen LogP contribution >= 0.6 is 0 Å². The number of hydrogen-bond donors (Lipinski definition) is 0. The van der Waals surface area contributed by atoms with Gasteiger partial charge in [-0.3, -0.25) is 0 Å². The Balaban J connectivity index is 1.86. The zero-order valence-electron chi connectivity index (χ0n) is 14.0. The molecule has 2 rings (SSSR count). The lowest BCUT2D eigenvalue weighted by atomic mass is 9.84. The maximum absolute atomic E-state index is 2.51. The molecule has 0 fully saturated rings. The van der Waals surface area contributed by atoms with Crippen molar-refractivity contribution in [2.45, 2.75) is 78.1 Å². The molecule has 1 aliphatic rings. The molecule has 0 amide bonds. The first-order valence-corrected chi connectivity index (χ1v) is 9.11. The van der Waals surface area contributed by atoms with E-state index in [0.717, 1.165) is 5.92 Å². The van der Waals surface area contributed by atoms with Crippen LogP contribution in [0.3, 0.4) is 0 Å².